The number of fused-ring (bicyclic) bond motifs is 1. The van der Waals surface area contributed by atoms with Crippen LogP contribution in [0, 0.1) is 0 Å². The lowest BCUT2D eigenvalue weighted by Crippen LogP contribution is -2.07. The molecule has 1 aliphatic rings. The molecule has 0 saturated carbocycles. The Morgan fingerprint density at radius 1 is 0.839 bits per heavy atom. The molecular formula is C24H21NO6. The Kier molecular flexibility index (Phi) is 5.49. The Bertz CT molecular complexity index is 1200. The van der Waals surface area contributed by atoms with Crippen LogP contribution in [0.1, 0.15) is 11.1 Å². The van der Waals surface area contributed by atoms with E-state index in [4.69, 9.17) is 23.7 Å². The summed E-state index contributed by atoms with van der Waals surface area (Å²) in [6, 6.07) is 15.0. The number of hydrogen-bond acceptors (Lipinski definition) is 7. The first-order valence-corrected chi connectivity index (χ1v) is 9.48. The first kappa shape index (κ1) is 20.3. The van der Waals surface area contributed by atoms with Gasteiger partial charge in [-0.05, 0) is 35.0 Å². The van der Waals surface area contributed by atoms with Gasteiger partial charge in [-0.1, -0.05) is 30.3 Å². The minimum atomic E-state index is -0.557. The van der Waals surface area contributed by atoms with Gasteiger partial charge in [0.05, 0.1) is 28.4 Å². The quantitative estimate of drug-likeness (QED) is 0.440. The molecule has 0 radical (unpaired) electrons. The largest absolute Gasteiger partial charge is 0.496 e. The summed E-state index contributed by atoms with van der Waals surface area (Å²) < 4.78 is 27.0. The van der Waals surface area contributed by atoms with Gasteiger partial charge in [0.1, 0.15) is 5.75 Å². The van der Waals surface area contributed by atoms with Crippen molar-refractivity contribution in [3.63, 3.8) is 0 Å². The van der Waals surface area contributed by atoms with E-state index >= 15 is 0 Å². The predicted octanol–water partition coefficient (Wildman–Crippen LogP) is 4.22. The van der Waals surface area contributed by atoms with Crippen molar-refractivity contribution in [1.29, 1.82) is 0 Å². The molecule has 1 heterocycles. The SMILES string of the molecule is COc1cc(C2=NC(=Cc3c(OC)ccc4ccccc34)C(=O)O2)cc(OC)c1OC. The van der Waals surface area contributed by atoms with Crippen LogP contribution < -0.4 is 18.9 Å². The molecule has 3 aromatic rings. The van der Waals surface area contributed by atoms with Gasteiger partial charge < -0.3 is 23.7 Å². The van der Waals surface area contributed by atoms with E-state index in [2.05, 4.69) is 4.99 Å². The van der Waals surface area contributed by atoms with Crippen LogP contribution in [-0.4, -0.2) is 40.3 Å². The van der Waals surface area contributed by atoms with Crippen molar-refractivity contribution in [2.45, 2.75) is 0 Å². The van der Waals surface area contributed by atoms with Crippen molar-refractivity contribution in [2.24, 2.45) is 4.99 Å². The smallest absolute Gasteiger partial charge is 0.363 e. The molecule has 0 bridgehead atoms. The first-order valence-electron chi connectivity index (χ1n) is 9.48. The predicted molar refractivity (Wildman–Crippen MR) is 117 cm³/mol. The Morgan fingerprint density at radius 2 is 1.52 bits per heavy atom. The summed E-state index contributed by atoms with van der Waals surface area (Å²) in [5, 5.41) is 1.97. The van der Waals surface area contributed by atoms with E-state index in [0.717, 1.165) is 16.3 Å². The van der Waals surface area contributed by atoms with Crippen LogP contribution in [0.4, 0.5) is 0 Å². The van der Waals surface area contributed by atoms with E-state index in [-0.39, 0.29) is 11.6 Å². The second kappa shape index (κ2) is 8.39. The number of hydrogen-bond donors (Lipinski definition) is 0. The zero-order chi connectivity index (χ0) is 22.0. The molecule has 0 N–H and O–H groups in total. The molecule has 0 aromatic heterocycles. The van der Waals surface area contributed by atoms with Crippen LogP contribution in [0.5, 0.6) is 23.0 Å². The minimum absolute atomic E-state index is 0.148. The Hall–Kier alpha value is -4.00. The summed E-state index contributed by atoms with van der Waals surface area (Å²) in [4.78, 5) is 17.0. The number of cyclic esters (lactones) is 1. The topological polar surface area (TPSA) is 75.6 Å². The maximum Gasteiger partial charge on any atom is 0.363 e. The van der Waals surface area contributed by atoms with Gasteiger partial charge in [-0.15, -0.1) is 0 Å². The molecule has 3 aromatic carbocycles. The third-order valence-electron chi connectivity index (χ3n) is 4.96. The summed E-state index contributed by atoms with van der Waals surface area (Å²) in [7, 11) is 6.14. The third-order valence-corrected chi connectivity index (χ3v) is 4.96. The highest BCUT2D eigenvalue weighted by Gasteiger charge is 2.27. The Labute approximate surface area is 179 Å². The zero-order valence-electron chi connectivity index (χ0n) is 17.6. The fourth-order valence-electron chi connectivity index (χ4n) is 3.48. The minimum Gasteiger partial charge on any atom is -0.496 e. The van der Waals surface area contributed by atoms with Crippen molar-refractivity contribution in [2.75, 3.05) is 28.4 Å². The lowest BCUT2D eigenvalue weighted by Gasteiger charge is -2.13. The molecule has 0 aliphatic carbocycles. The second-order valence-corrected chi connectivity index (χ2v) is 6.65. The van der Waals surface area contributed by atoms with Gasteiger partial charge in [0.15, 0.2) is 17.2 Å². The van der Waals surface area contributed by atoms with E-state index in [1.165, 1.54) is 21.3 Å². The monoisotopic (exact) mass is 419 g/mol. The van der Waals surface area contributed by atoms with E-state index in [1.807, 2.05) is 36.4 Å². The zero-order valence-corrected chi connectivity index (χ0v) is 17.6. The van der Waals surface area contributed by atoms with Crippen molar-refractivity contribution < 1.29 is 28.5 Å². The van der Waals surface area contributed by atoms with E-state index in [1.54, 1.807) is 25.3 Å². The Morgan fingerprint density at radius 3 is 2.16 bits per heavy atom. The summed E-state index contributed by atoms with van der Waals surface area (Å²) in [5.41, 5.74) is 1.44. The highest BCUT2D eigenvalue weighted by Crippen LogP contribution is 2.39. The lowest BCUT2D eigenvalue weighted by molar-refractivity contribution is -0.129. The lowest BCUT2D eigenvalue weighted by atomic mass is 10.0. The Balaban J connectivity index is 1.82. The van der Waals surface area contributed by atoms with Gasteiger partial charge in [-0.2, -0.15) is 0 Å². The standard InChI is InChI=1S/C24H21NO6/c1-27-19-10-9-14-7-5-6-8-16(14)17(19)13-18-24(26)31-23(25-18)15-11-20(28-2)22(30-4)21(12-15)29-3/h5-13H,1-4H3. The molecule has 0 atom stereocenters. The number of ether oxygens (including phenoxy) is 5. The van der Waals surface area contributed by atoms with Crippen molar-refractivity contribution in [3.8, 4) is 23.0 Å². The number of rotatable bonds is 6. The molecule has 4 rings (SSSR count). The molecule has 0 saturated heterocycles. The summed E-state index contributed by atoms with van der Waals surface area (Å²) >= 11 is 0. The number of methoxy groups -OCH3 is 4. The van der Waals surface area contributed by atoms with Crippen LogP contribution in [0.3, 0.4) is 0 Å². The van der Waals surface area contributed by atoms with Gasteiger partial charge in [-0.25, -0.2) is 9.79 Å². The van der Waals surface area contributed by atoms with Gasteiger partial charge in [0.2, 0.25) is 11.6 Å². The molecule has 0 unspecified atom stereocenters. The number of benzene rings is 3. The molecular weight excluding hydrogens is 398 g/mol. The fourth-order valence-corrected chi connectivity index (χ4v) is 3.48. The highest BCUT2D eigenvalue weighted by atomic mass is 16.6. The number of aliphatic imine (C=N–C) groups is 1. The number of nitrogens with zero attached hydrogens (tertiary/aromatic N) is 1. The van der Waals surface area contributed by atoms with Crippen molar-refractivity contribution in [3.05, 3.63) is 65.4 Å². The number of carbonyl (C=O) groups excluding carboxylic acids is 1. The fraction of sp³-hybridized carbons (Fsp3) is 0.167. The average molecular weight is 419 g/mol. The van der Waals surface area contributed by atoms with Crippen LogP contribution in [0.2, 0.25) is 0 Å². The van der Waals surface area contributed by atoms with Gasteiger partial charge in [-0.3, -0.25) is 0 Å². The van der Waals surface area contributed by atoms with E-state index in [0.29, 0.717) is 28.6 Å². The first-order chi connectivity index (χ1) is 15.1. The molecule has 158 valence electrons. The molecule has 31 heavy (non-hydrogen) atoms. The van der Waals surface area contributed by atoms with Crippen molar-refractivity contribution >= 4 is 28.7 Å². The molecule has 7 nitrogen and oxygen atoms in total. The maximum absolute atomic E-state index is 12.6. The molecule has 7 heteroatoms. The van der Waals surface area contributed by atoms with Crippen LogP contribution in [-0.2, 0) is 9.53 Å². The van der Waals surface area contributed by atoms with Gasteiger partial charge in [0.25, 0.3) is 0 Å². The van der Waals surface area contributed by atoms with Gasteiger partial charge in [0, 0.05) is 11.1 Å². The average Bonchev–Trinajstić information content (AvgIpc) is 3.18. The third kappa shape index (κ3) is 3.66. The van der Waals surface area contributed by atoms with Crippen molar-refractivity contribution in [1.82, 2.24) is 0 Å². The van der Waals surface area contributed by atoms with Crippen LogP contribution in [0.15, 0.2) is 59.2 Å². The molecule has 0 amide bonds. The summed E-state index contributed by atoms with van der Waals surface area (Å²) in [6.45, 7) is 0. The summed E-state index contributed by atoms with van der Waals surface area (Å²) in [6.07, 6.45) is 1.68. The van der Waals surface area contributed by atoms with E-state index in [9.17, 15) is 4.79 Å². The van der Waals surface area contributed by atoms with E-state index < -0.39 is 5.97 Å². The molecule has 0 fully saturated rings. The summed E-state index contributed by atoms with van der Waals surface area (Å²) in [5.74, 6) is 1.53. The highest BCUT2D eigenvalue weighted by molar-refractivity contribution is 6.14. The molecule has 1 aliphatic heterocycles. The molecule has 0 spiro atoms. The van der Waals surface area contributed by atoms with Gasteiger partial charge >= 0.3 is 5.97 Å². The maximum atomic E-state index is 12.6. The van der Waals surface area contributed by atoms with Crippen LogP contribution in [0.25, 0.3) is 16.8 Å². The number of carbonyl (C=O) groups is 1. The van der Waals surface area contributed by atoms with Crippen LogP contribution >= 0.6 is 0 Å². The number of esters is 1. The normalized spacial score (nSPS) is 14.4. The second-order valence-electron chi connectivity index (χ2n) is 6.65.